The maximum Gasteiger partial charge on any atom is 0.270 e. The zero-order valence-electron chi connectivity index (χ0n) is 17.4. The van der Waals surface area contributed by atoms with Gasteiger partial charge in [-0.05, 0) is 43.7 Å². The van der Waals surface area contributed by atoms with E-state index in [2.05, 4.69) is 0 Å². The van der Waals surface area contributed by atoms with Crippen LogP contribution in [0.5, 0.6) is 0 Å². The molecule has 1 aliphatic heterocycles. The molecule has 1 aliphatic rings. The Kier molecular flexibility index (Phi) is 5.78. The third kappa shape index (κ3) is 3.68. The lowest BCUT2D eigenvalue weighted by molar-refractivity contribution is -0.107. The average Bonchev–Trinajstić information content (AvgIpc) is 3.11. The van der Waals surface area contributed by atoms with Gasteiger partial charge in [0.2, 0.25) is 0 Å². The first kappa shape index (κ1) is 20.4. The molecule has 1 atom stereocenters. The van der Waals surface area contributed by atoms with Crippen molar-refractivity contribution in [2.24, 2.45) is 0 Å². The standard InChI is InChI=1S/C25H27N2O2P/c1-20-8-12-23(13-9-20)26-17-18-27(24-14-10-21(2)11-15-24)30(26,29)25(16-19-28)22-6-4-3-5-7-22/h3-15,19,25H,16-18H2,1-2H3. The van der Waals surface area contributed by atoms with Gasteiger partial charge >= 0.3 is 0 Å². The van der Waals surface area contributed by atoms with E-state index in [-0.39, 0.29) is 6.42 Å². The van der Waals surface area contributed by atoms with E-state index in [1.54, 1.807) is 0 Å². The quantitative estimate of drug-likeness (QED) is 0.355. The van der Waals surface area contributed by atoms with Crippen LogP contribution in [-0.4, -0.2) is 19.4 Å². The van der Waals surface area contributed by atoms with Crippen molar-refractivity contribution < 1.29 is 9.36 Å². The van der Waals surface area contributed by atoms with Crippen LogP contribution in [0.25, 0.3) is 0 Å². The lowest BCUT2D eigenvalue weighted by Gasteiger charge is -2.38. The number of carbonyl (C=O) groups excluding carboxylic acids is 1. The highest BCUT2D eigenvalue weighted by Gasteiger charge is 2.49. The van der Waals surface area contributed by atoms with Gasteiger partial charge < -0.3 is 14.1 Å². The molecule has 0 amide bonds. The molecule has 0 spiro atoms. The summed E-state index contributed by atoms with van der Waals surface area (Å²) in [6, 6.07) is 26.1. The van der Waals surface area contributed by atoms with Gasteiger partial charge in [0.25, 0.3) is 7.44 Å². The van der Waals surface area contributed by atoms with Crippen molar-refractivity contribution >= 4 is 25.1 Å². The van der Waals surface area contributed by atoms with Gasteiger partial charge in [0.15, 0.2) is 0 Å². The minimum absolute atomic E-state index is 0.214. The molecule has 3 aromatic carbocycles. The van der Waals surface area contributed by atoms with Crippen molar-refractivity contribution in [3.05, 3.63) is 95.6 Å². The predicted octanol–water partition coefficient (Wildman–Crippen LogP) is 6.15. The highest BCUT2D eigenvalue weighted by molar-refractivity contribution is 7.68. The molecule has 4 nitrogen and oxygen atoms in total. The van der Waals surface area contributed by atoms with Crippen molar-refractivity contribution in [2.75, 3.05) is 22.4 Å². The molecule has 1 fully saturated rings. The zero-order chi connectivity index (χ0) is 21.1. The second kappa shape index (κ2) is 8.49. The molecule has 30 heavy (non-hydrogen) atoms. The first-order valence-electron chi connectivity index (χ1n) is 10.3. The van der Waals surface area contributed by atoms with Crippen LogP contribution in [0.4, 0.5) is 11.4 Å². The van der Waals surface area contributed by atoms with Crippen LogP contribution in [0.3, 0.4) is 0 Å². The van der Waals surface area contributed by atoms with E-state index < -0.39 is 13.1 Å². The third-order valence-electron chi connectivity index (χ3n) is 5.79. The maximum atomic E-state index is 15.0. The van der Waals surface area contributed by atoms with Crippen molar-refractivity contribution in [1.29, 1.82) is 0 Å². The van der Waals surface area contributed by atoms with Gasteiger partial charge in [-0.3, -0.25) is 4.57 Å². The summed E-state index contributed by atoms with van der Waals surface area (Å²) in [4.78, 5) is 11.7. The average molecular weight is 418 g/mol. The number of anilines is 2. The Morgan fingerprint density at radius 3 is 1.70 bits per heavy atom. The monoisotopic (exact) mass is 418 g/mol. The van der Waals surface area contributed by atoms with E-state index in [0.29, 0.717) is 13.1 Å². The number of rotatable bonds is 6. The Morgan fingerprint density at radius 1 is 0.800 bits per heavy atom. The topological polar surface area (TPSA) is 40.6 Å². The van der Waals surface area contributed by atoms with E-state index >= 15 is 4.57 Å². The Hall–Kier alpha value is -2.84. The highest BCUT2D eigenvalue weighted by Crippen LogP contribution is 2.69. The van der Waals surface area contributed by atoms with Crippen LogP contribution < -0.4 is 9.34 Å². The van der Waals surface area contributed by atoms with Crippen LogP contribution in [0.1, 0.15) is 28.8 Å². The zero-order valence-corrected chi connectivity index (χ0v) is 18.3. The molecular formula is C25H27N2O2P. The molecule has 0 bridgehead atoms. The number of hydrogen-bond donors (Lipinski definition) is 0. The van der Waals surface area contributed by atoms with Gasteiger partial charge in [0.05, 0.1) is 5.66 Å². The first-order chi connectivity index (χ1) is 14.5. The Bertz CT molecular complexity index is 991. The Labute approximate surface area is 178 Å². The number of benzene rings is 3. The second-order valence-electron chi connectivity index (χ2n) is 7.84. The van der Waals surface area contributed by atoms with Gasteiger partial charge in [0.1, 0.15) is 6.29 Å². The van der Waals surface area contributed by atoms with Gasteiger partial charge in [0, 0.05) is 30.9 Å². The van der Waals surface area contributed by atoms with Crippen LogP contribution in [-0.2, 0) is 9.36 Å². The van der Waals surface area contributed by atoms with Gasteiger partial charge in [-0.15, -0.1) is 0 Å². The van der Waals surface area contributed by atoms with Crippen LogP contribution in [0, 0.1) is 13.8 Å². The molecule has 1 heterocycles. The van der Waals surface area contributed by atoms with E-state index in [1.807, 2.05) is 102 Å². The van der Waals surface area contributed by atoms with Crippen molar-refractivity contribution in [2.45, 2.75) is 25.9 Å². The number of carbonyl (C=O) groups is 1. The van der Waals surface area contributed by atoms with E-state index in [4.69, 9.17) is 0 Å². The van der Waals surface area contributed by atoms with E-state index in [1.165, 1.54) is 0 Å². The summed E-state index contributed by atoms with van der Waals surface area (Å²) in [6.07, 6.45) is 1.11. The molecule has 154 valence electrons. The Morgan fingerprint density at radius 2 is 1.27 bits per heavy atom. The predicted molar refractivity (Wildman–Crippen MR) is 125 cm³/mol. The number of aryl methyl sites for hydroxylation is 2. The van der Waals surface area contributed by atoms with Crippen molar-refractivity contribution in [3.8, 4) is 0 Å². The molecule has 5 heteroatoms. The summed E-state index contributed by atoms with van der Waals surface area (Å²) in [5.74, 6) is 0. The lowest BCUT2D eigenvalue weighted by Crippen LogP contribution is -2.24. The fraction of sp³-hybridized carbons (Fsp3) is 0.240. The van der Waals surface area contributed by atoms with Gasteiger partial charge in [-0.25, -0.2) is 0 Å². The first-order valence-corrected chi connectivity index (χ1v) is 12.0. The van der Waals surface area contributed by atoms with Crippen LogP contribution in [0.15, 0.2) is 78.9 Å². The molecule has 1 unspecified atom stereocenters. The van der Waals surface area contributed by atoms with Crippen molar-refractivity contribution in [1.82, 2.24) is 0 Å². The van der Waals surface area contributed by atoms with E-state index in [0.717, 1.165) is 34.4 Å². The normalized spacial score (nSPS) is 16.5. The molecule has 0 aliphatic carbocycles. The minimum Gasteiger partial charge on any atom is -0.305 e. The number of aldehydes is 1. The molecular weight excluding hydrogens is 391 g/mol. The third-order valence-corrected chi connectivity index (χ3v) is 9.36. The summed E-state index contributed by atoms with van der Waals surface area (Å²) in [5.41, 5.74) is 4.73. The SMILES string of the molecule is Cc1ccc(N2CCN(c3ccc(C)cc3)P2(=O)C(CC=O)c2ccccc2)cc1. The van der Waals surface area contributed by atoms with Crippen LogP contribution >= 0.6 is 7.44 Å². The fourth-order valence-electron chi connectivity index (χ4n) is 4.20. The largest absolute Gasteiger partial charge is 0.305 e. The molecule has 0 N–H and O–H groups in total. The summed E-state index contributed by atoms with van der Waals surface area (Å²) < 4.78 is 19.1. The number of hydrogen-bond acceptors (Lipinski definition) is 2. The fourth-order valence-corrected chi connectivity index (χ4v) is 7.73. The van der Waals surface area contributed by atoms with E-state index in [9.17, 15) is 4.79 Å². The smallest absolute Gasteiger partial charge is 0.270 e. The lowest BCUT2D eigenvalue weighted by atomic mass is 10.1. The summed E-state index contributed by atoms with van der Waals surface area (Å²) >= 11 is 0. The van der Waals surface area contributed by atoms with Gasteiger partial charge in [-0.2, -0.15) is 0 Å². The molecule has 0 aromatic heterocycles. The highest BCUT2D eigenvalue weighted by atomic mass is 31.2. The Balaban J connectivity index is 1.87. The summed E-state index contributed by atoms with van der Waals surface area (Å²) in [5, 5.41) is 0. The van der Waals surface area contributed by atoms with Crippen molar-refractivity contribution in [3.63, 3.8) is 0 Å². The maximum absolute atomic E-state index is 15.0. The second-order valence-corrected chi connectivity index (χ2v) is 10.6. The molecule has 0 saturated carbocycles. The van der Waals surface area contributed by atoms with Crippen LogP contribution in [0.2, 0.25) is 0 Å². The summed E-state index contributed by atoms with van der Waals surface area (Å²) in [6.45, 7) is 5.39. The molecule has 4 rings (SSSR count). The summed E-state index contributed by atoms with van der Waals surface area (Å²) in [7, 11) is -3.18. The molecule has 1 saturated heterocycles. The minimum atomic E-state index is -3.18. The van der Waals surface area contributed by atoms with Gasteiger partial charge in [-0.1, -0.05) is 65.7 Å². The number of nitrogens with zero attached hydrogens (tertiary/aromatic N) is 2. The molecule has 0 radical (unpaired) electrons. The molecule has 3 aromatic rings.